The first-order valence-electron chi connectivity index (χ1n) is 8.73. The molecule has 0 radical (unpaired) electrons. The normalized spacial score (nSPS) is 17.2. The van der Waals surface area contributed by atoms with Gasteiger partial charge in [-0.1, -0.05) is 6.07 Å². The molecule has 6 nitrogen and oxygen atoms in total. The average Bonchev–Trinajstić information content (AvgIpc) is 3.46. The number of ether oxygens (including phenoxy) is 2. The maximum absolute atomic E-state index is 12.3. The minimum atomic E-state index is 0.0534. The van der Waals surface area contributed by atoms with Crippen molar-refractivity contribution < 1.29 is 9.47 Å². The molecule has 2 aliphatic rings. The lowest BCUT2D eigenvalue weighted by Crippen LogP contribution is -2.35. The van der Waals surface area contributed by atoms with Crippen molar-refractivity contribution in [1.29, 1.82) is 0 Å². The van der Waals surface area contributed by atoms with Crippen molar-refractivity contribution in [2.75, 3.05) is 20.8 Å². The van der Waals surface area contributed by atoms with Gasteiger partial charge in [-0.25, -0.2) is 4.98 Å². The fourth-order valence-electron chi connectivity index (χ4n) is 3.44. The van der Waals surface area contributed by atoms with Gasteiger partial charge in [0, 0.05) is 31.1 Å². The number of hydrogen-bond donors (Lipinski definition) is 1. The van der Waals surface area contributed by atoms with Crippen LogP contribution in [0.3, 0.4) is 0 Å². The van der Waals surface area contributed by atoms with Crippen LogP contribution in [-0.4, -0.2) is 35.6 Å². The molecule has 25 heavy (non-hydrogen) atoms. The van der Waals surface area contributed by atoms with Crippen molar-refractivity contribution in [2.24, 2.45) is 0 Å². The quantitative estimate of drug-likeness (QED) is 0.903. The zero-order chi connectivity index (χ0) is 17.4. The summed E-state index contributed by atoms with van der Waals surface area (Å²) in [7, 11) is 3.29. The molecule has 0 saturated heterocycles. The number of benzene rings is 1. The zero-order valence-electron chi connectivity index (χ0n) is 14.7. The topological polar surface area (TPSA) is 67.5 Å². The maximum atomic E-state index is 12.3. The molecule has 0 bridgehead atoms. The molecular weight excluding hydrogens is 318 g/mol. The van der Waals surface area contributed by atoms with Gasteiger partial charge in [-0.3, -0.25) is 9.69 Å². The van der Waals surface area contributed by atoms with Gasteiger partial charge in [0.2, 0.25) is 0 Å². The van der Waals surface area contributed by atoms with Gasteiger partial charge in [0.1, 0.15) is 5.82 Å². The highest BCUT2D eigenvalue weighted by molar-refractivity contribution is 5.43. The molecule has 132 valence electrons. The average molecular weight is 341 g/mol. The summed E-state index contributed by atoms with van der Waals surface area (Å²) in [4.78, 5) is 22.3. The van der Waals surface area contributed by atoms with Gasteiger partial charge >= 0.3 is 0 Å². The Balaban J connectivity index is 1.53. The van der Waals surface area contributed by atoms with Crippen LogP contribution < -0.4 is 15.0 Å². The van der Waals surface area contributed by atoms with Crippen LogP contribution in [0.1, 0.15) is 41.4 Å². The number of hydrogen-bond acceptors (Lipinski definition) is 5. The first kappa shape index (κ1) is 16.1. The summed E-state index contributed by atoms with van der Waals surface area (Å²) < 4.78 is 10.7. The molecule has 0 unspecified atom stereocenters. The Hall–Kier alpha value is -2.34. The highest BCUT2D eigenvalue weighted by Gasteiger charge is 2.29. The van der Waals surface area contributed by atoms with E-state index < -0.39 is 0 Å². The molecule has 1 aromatic heterocycles. The molecule has 4 rings (SSSR count). The Morgan fingerprint density at radius 1 is 1.24 bits per heavy atom. The zero-order valence-corrected chi connectivity index (χ0v) is 14.7. The Morgan fingerprint density at radius 3 is 2.76 bits per heavy atom. The second-order valence-corrected chi connectivity index (χ2v) is 6.80. The summed E-state index contributed by atoms with van der Waals surface area (Å²) in [6.45, 7) is 2.37. The number of H-pyrrole nitrogens is 1. The largest absolute Gasteiger partial charge is 0.493 e. The SMILES string of the molecule is COc1ccc(CN2CCc3c(nc(C4CC4)[nH]c3=O)C2)cc1OC. The molecule has 1 aliphatic heterocycles. The van der Waals surface area contributed by atoms with E-state index in [0.29, 0.717) is 12.5 Å². The monoisotopic (exact) mass is 341 g/mol. The Labute approximate surface area is 146 Å². The second-order valence-electron chi connectivity index (χ2n) is 6.80. The van der Waals surface area contributed by atoms with Crippen LogP contribution in [-0.2, 0) is 19.5 Å². The predicted molar refractivity (Wildman–Crippen MR) is 94.2 cm³/mol. The van der Waals surface area contributed by atoms with Crippen molar-refractivity contribution in [3.63, 3.8) is 0 Å². The van der Waals surface area contributed by atoms with Crippen LogP contribution in [0, 0.1) is 0 Å². The molecule has 2 heterocycles. The third-order valence-electron chi connectivity index (χ3n) is 4.99. The third-order valence-corrected chi connectivity index (χ3v) is 4.99. The molecular formula is C19H23N3O3. The molecule has 1 aromatic carbocycles. The van der Waals surface area contributed by atoms with Gasteiger partial charge in [-0.2, -0.15) is 0 Å². The number of methoxy groups -OCH3 is 2. The molecule has 1 aliphatic carbocycles. The van der Waals surface area contributed by atoms with E-state index in [4.69, 9.17) is 14.5 Å². The van der Waals surface area contributed by atoms with Crippen LogP contribution in [0.4, 0.5) is 0 Å². The van der Waals surface area contributed by atoms with Gasteiger partial charge in [0.25, 0.3) is 5.56 Å². The summed E-state index contributed by atoms with van der Waals surface area (Å²) in [5, 5.41) is 0. The van der Waals surface area contributed by atoms with Crippen molar-refractivity contribution in [1.82, 2.24) is 14.9 Å². The summed E-state index contributed by atoms with van der Waals surface area (Å²) in [6.07, 6.45) is 3.02. The third kappa shape index (κ3) is 3.26. The molecule has 1 saturated carbocycles. The first-order valence-corrected chi connectivity index (χ1v) is 8.73. The van der Waals surface area contributed by atoms with Crippen molar-refractivity contribution >= 4 is 0 Å². The van der Waals surface area contributed by atoms with E-state index in [1.165, 1.54) is 0 Å². The van der Waals surface area contributed by atoms with E-state index in [1.807, 2.05) is 12.1 Å². The number of fused-ring (bicyclic) bond motifs is 1. The lowest BCUT2D eigenvalue weighted by molar-refractivity contribution is 0.239. The Morgan fingerprint density at radius 2 is 2.04 bits per heavy atom. The highest BCUT2D eigenvalue weighted by Crippen LogP contribution is 2.38. The Kier molecular flexibility index (Phi) is 4.21. The highest BCUT2D eigenvalue weighted by atomic mass is 16.5. The van der Waals surface area contributed by atoms with Crippen LogP contribution in [0.15, 0.2) is 23.0 Å². The number of aromatic amines is 1. The number of aromatic nitrogens is 2. The summed E-state index contributed by atoms with van der Waals surface area (Å²) in [5.41, 5.74) is 3.01. The molecule has 0 amide bonds. The van der Waals surface area contributed by atoms with Gasteiger partial charge in [0.05, 0.1) is 19.9 Å². The molecule has 0 spiro atoms. The fourth-order valence-corrected chi connectivity index (χ4v) is 3.44. The van der Waals surface area contributed by atoms with Gasteiger partial charge in [-0.05, 0) is 37.0 Å². The number of nitrogens with zero attached hydrogens (tertiary/aromatic N) is 2. The van der Waals surface area contributed by atoms with E-state index >= 15 is 0 Å². The van der Waals surface area contributed by atoms with Gasteiger partial charge in [-0.15, -0.1) is 0 Å². The van der Waals surface area contributed by atoms with Gasteiger partial charge < -0.3 is 14.5 Å². The summed E-state index contributed by atoms with van der Waals surface area (Å²) in [5.74, 6) is 2.80. The van der Waals surface area contributed by atoms with E-state index in [2.05, 4.69) is 16.0 Å². The summed E-state index contributed by atoms with van der Waals surface area (Å²) >= 11 is 0. The smallest absolute Gasteiger partial charge is 0.254 e. The molecule has 6 heteroatoms. The minimum Gasteiger partial charge on any atom is -0.493 e. The number of nitrogens with one attached hydrogen (secondary N) is 1. The van der Waals surface area contributed by atoms with Crippen molar-refractivity contribution in [3.05, 3.63) is 51.2 Å². The second kappa shape index (κ2) is 6.52. The van der Waals surface area contributed by atoms with Crippen LogP contribution >= 0.6 is 0 Å². The van der Waals surface area contributed by atoms with Gasteiger partial charge in [0.15, 0.2) is 11.5 Å². The number of rotatable bonds is 5. The predicted octanol–water partition coefficient (Wildman–Crippen LogP) is 2.22. The minimum absolute atomic E-state index is 0.0534. The lowest BCUT2D eigenvalue weighted by atomic mass is 10.1. The van der Waals surface area contributed by atoms with Crippen LogP contribution in [0.2, 0.25) is 0 Å². The maximum Gasteiger partial charge on any atom is 0.254 e. The van der Waals surface area contributed by atoms with Crippen molar-refractivity contribution in [2.45, 2.75) is 38.3 Å². The standard InChI is InChI=1S/C19H23N3O3/c1-24-16-6-3-12(9-17(16)25-2)10-22-8-7-14-15(11-22)20-18(13-4-5-13)21-19(14)23/h3,6,9,13H,4-5,7-8,10-11H2,1-2H3,(H,20,21,23). The molecule has 1 N–H and O–H groups in total. The van der Waals surface area contributed by atoms with E-state index in [0.717, 1.165) is 66.5 Å². The van der Waals surface area contributed by atoms with Crippen LogP contribution in [0.25, 0.3) is 0 Å². The van der Waals surface area contributed by atoms with E-state index in [1.54, 1.807) is 14.2 Å². The summed E-state index contributed by atoms with van der Waals surface area (Å²) in [6, 6.07) is 5.99. The molecule has 1 fully saturated rings. The fraction of sp³-hybridized carbons (Fsp3) is 0.474. The molecule has 2 aromatic rings. The van der Waals surface area contributed by atoms with E-state index in [-0.39, 0.29) is 5.56 Å². The molecule has 0 atom stereocenters. The lowest BCUT2D eigenvalue weighted by Gasteiger charge is -2.28. The van der Waals surface area contributed by atoms with Crippen molar-refractivity contribution in [3.8, 4) is 11.5 Å². The first-order chi connectivity index (χ1) is 12.2. The Bertz CT molecular complexity index is 842. The van der Waals surface area contributed by atoms with E-state index in [9.17, 15) is 4.79 Å². The van der Waals surface area contributed by atoms with Crippen LogP contribution in [0.5, 0.6) is 11.5 Å².